The molecular weight excluding hydrogens is 314 g/mol. The summed E-state index contributed by atoms with van der Waals surface area (Å²) in [5.74, 6) is -0.221. The molecule has 2 fully saturated rings. The maximum absolute atomic E-state index is 12.6. The molecule has 2 aliphatic rings. The second-order valence-corrected chi connectivity index (χ2v) is 8.84. The van der Waals surface area contributed by atoms with Gasteiger partial charge in [0.1, 0.15) is 0 Å². The van der Waals surface area contributed by atoms with Crippen LogP contribution < -0.4 is 5.32 Å². The van der Waals surface area contributed by atoms with Gasteiger partial charge in [0.2, 0.25) is 10.0 Å². The van der Waals surface area contributed by atoms with Gasteiger partial charge in [-0.25, -0.2) is 8.42 Å². The van der Waals surface area contributed by atoms with Crippen molar-refractivity contribution in [2.45, 2.75) is 23.8 Å². The van der Waals surface area contributed by atoms with Gasteiger partial charge in [-0.15, -0.1) is 0 Å². The summed E-state index contributed by atoms with van der Waals surface area (Å²) in [7, 11) is 2.24. The highest BCUT2D eigenvalue weighted by Crippen LogP contribution is 2.51. The van der Waals surface area contributed by atoms with Crippen molar-refractivity contribution in [2.24, 2.45) is 5.41 Å². The summed E-state index contributed by atoms with van der Waals surface area (Å²) in [6, 6.07) is 6.69. The number of hydrogen-bond acceptors (Lipinski definition) is 4. The number of rotatable bonds is 4. The van der Waals surface area contributed by atoms with E-state index in [9.17, 15) is 13.2 Å². The predicted octanol–water partition coefficient (Wildman–Crippen LogP) is 0.761. The first-order chi connectivity index (χ1) is 10.8. The van der Waals surface area contributed by atoms with E-state index in [-0.39, 0.29) is 16.2 Å². The van der Waals surface area contributed by atoms with Gasteiger partial charge in [0.15, 0.2) is 0 Å². The molecule has 1 saturated heterocycles. The maximum atomic E-state index is 12.6. The molecule has 0 aromatic heterocycles. The molecule has 0 radical (unpaired) electrons. The third kappa shape index (κ3) is 2.77. The predicted molar refractivity (Wildman–Crippen MR) is 87.7 cm³/mol. The van der Waals surface area contributed by atoms with Gasteiger partial charge in [-0.2, -0.15) is 4.31 Å². The van der Waals surface area contributed by atoms with Gasteiger partial charge in [0.25, 0.3) is 5.91 Å². The summed E-state index contributed by atoms with van der Waals surface area (Å²) >= 11 is 0. The van der Waals surface area contributed by atoms with Crippen molar-refractivity contribution in [1.82, 2.24) is 14.5 Å². The first-order valence-electron chi connectivity index (χ1n) is 7.76. The van der Waals surface area contributed by atoms with Crippen molar-refractivity contribution in [1.29, 1.82) is 0 Å². The first-order valence-corrected chi connectivity index (χ1v) is 9.20. The first kappa shape index (κ1) is 16.4. The fraction of sp³-hybridized carbons (Fsp3) is 0.562. The number of nitrogens with one attached hydrogen (secondary N) is 1. The average Bonchev–Trinajstić information content (AvgIpc) is 2.43. The SMILES string of the molecule is CNC(=O)c1ccc(S(=O)(=O)N2CC3(CC(N(C)C)C3)C2)cc1. The molecule has 126 valence electrons. The lowest BCUT2D eigenvalue weighted by Crippen LogP contribution is -2.66. The van der Waals surface area contributed by atoms with Crippen LogP contribution in [0.25, 0.3) is 0 Å². The molecule has 3 rings (SSSR count). The Kier molecular flexibility index (Phi) is 3.98. The Morgan fingerprint density at radius 1 is 1.22 bits per heavy atom. The fourth-order valence-corrected chi connectivity index (χ4v) is 5.17. The Morgan fingerprint density at radius 3 is 2.26 bits per heavy atom. The van der Waals surface area contributed by atoms with Crippen molar-refractivity contribution in [3.63, 3.8) is 0 Å². The number of carbonyl (C=O) groups is 1. The lowest BCUT2D eigenvalue weighted by Gasteiger charge is -2.59. The second-order valence-electron chi connectivity index (χ2n) is 6.90. The Labute approximate surface area is 137 Å². The molecule has 1 aliphatic carbocycles. The Balaban J connectivity index is 1.66. The molecule has 0 atom stereocenters. The van der Waals surface area contributed by atoms with Gasteiger partial charge in [0.05, 0.1) is 4.90 Å². The van der Waals surface area contributed by atoms with Crippen molar-refractivity contribution >= 4 is 15.9 Å². The van der Waals surface area contributed by atoms with Crippen LogP contribution in [0.15, 0.2) is 29.2 Å². The van der Waals surface area contributed by atoms with Crippen LogP contribution in [0.4, 0.5) is 0 Å². The number of carbonyl (C=O) groups excluding carboxylic acids is 1. The van der Waals surface area contributed by atoms with E-state index < -0.39 is 10.0 Å². The van der Waals surface area contributed by atoms with E-state index in [0.717, 1.165) is 12.8 Å². The summed E-state index contributed by atoms with van der Waals surface area (Å²) in [4.78, 5) is 14.0. The molecule has 23 heavy (non-hydrogen) atoms. The standard InChI is InChI=1S/C16H23N3O3S/c1-17-15(20)12-4-6-14(7-5-12)23(21,22)19-10-16(11-19)8-13(9-16)18(2)3/h4-7,13H,8-11H2,1-3H3,(H,17,20). The van der Waals surface area contributed by atoms with Crippen molar-refractivity contribution in [2.75, 3.05) is 34.2 Å². The molecule has 6 nitrogen and oxygen atoms in total. The monoisotopic (exact) mass is 337 g/mol. The lowest BCUT2D eigenvalue weighted by molar-refractivity contribution is -0.0628. The van der Waals surface area contributed by atoms with Gasteiger partial charge >= 0.3 is 0 Å². The number of nitrogens with zero attached hydrogens (tertiary/aromatic N) is 2. The molecule has 1 aromatic rings. The number of amides is 1. The fourth-order valence-electron chi connectivity index (χ4n) is 3.51. The molecule has 1 saturated carbocycles. The van der Waals surface area contributed by atoms with Crippen molar-refractivity contribution < 1.29 is 13.2 Å². The molecule has 1 amide bonds. The van der Waals surface area contributed by atoms with E-state index in [1.807, 2.05) is 0 Å². The summed E-state index contributed by atoms with van der Waals surface area (Å²) in [5, 5.41) is 2.52. The highest BCUT2D eigenvalue weighted by molar-refractivity contribution is 7.89. The van der Waals surface area contributed by atoms with Crippen LogP contribution in [0, 0.1) is 5.41 Å². The van der Waals surface area contributed by atoms with Crippen LogP contribution in [-0.2, 0) is 10.0 Å². The maximum Gasteiger partial charge on any atom is 0.251 e. The average molecular weight is 337 g/mol. The molecule has 1 N–H and O–H groups in total. The Bertz CT molecular complexity index is 699. The highest BCUT2D eigenvalue weighted by atomic mass is 32.2. The van der Waals surface area contributed by atoms with Gasteiger partial charge < -0.3 is 10.2 Å². The van der Waals surface area contributed by atoms with Crippen LogP contribution in [0.3, 0.4) is 0 Å². The van der Waals surface area contributed by atoms with E-state index in [0.29, 0.717) is 24.7 Å². The van der Waals surface area contributed by atoms with Crippen LogP contribution in [-0.4, -0.2) is 63.8 Å². The van der Waals surface area contributed by atoms with E-state index in [4.69, 9.17) is 0 Å². The summed E-state index contributed by atoms with van der Waals surface area (Å²) in [6.45, 7) is 1.22. The van der Waals surface area contributed by atoms with E-state index >= 15 is 0 Å². The van der Waals surface area contributed by atoms with Crippen LogP contribution >= 0.6 is 0 Å². The zero-order valence-corrected chi connectivity index (χ0v) is 14.6. The van der Waals surface area contributed by atoms with Gasteiger partial charge in [-0.3, -0.25) is 4.79 Å². The third-order valence-electron chi connectivity index (χ3n) is 5.07. The molecule has 0 bridgehead atoms. The minimum atomic E-state index is -3.45. The zero-order valence-electron chi connectivity index (χ0n) is 13.7. The van der Waals surface area contributed by atoms with Crippen LogP contribution in [0.5, 0.6) is 0 Å². The third-order valence-corrected chi connectivity index (χ3v) is 6.88. The van der Waals surface area contributed by atoms with Crippen molar-refractivity contribution in [3.05, 3.63) is 29.8 Å². The molecule has 1 heterocycles. The Morgan fingerprint density at radius 2 is 1.78 bits per heavy atom. The van der Waals surface area contributed by atoms with E-state index in [2.05, 4.69) is 24.3 Å². The quantitative estimate of drug-likeness (QED) is 0.881. The van der Waals surface area contributed by atoms with E-state index in [1.165, 1.54) is 12.1 Å². The highest BCUT2D eigenvalue weighted by Gasteiger charge is 2.55. The lowest BCUT2D eigenvalue weighted by atomic mass is 9.61. The largest absolute Gasteiger partial charge is 0.355 e. The Hall–Kier alpha value is -1.44. The molecular formula is C16H23N3O3S. The molecule has 7 heteroatoms. The minimum absolute atomic E-state index is 0.185. The number of benzene rings is 1. The zero-order chi connectivity index (χ0) is 16.8. The summed E-state index contributed by atoms with van der Waals surface area (Å²) < 4.78 is 26.8. The molecule has 1 aromatic carbocycles. The summed E-state index contributed by atoms with van der Waals surface area (Å²) in [6.07, 6.45) is 2.14. The number of hydrogen-bond donors (Lipinski definition) is 1. The van der Waals surface area contributed by atoms with Crippen molar-refractivity contribution in [3.8, 4) is 0 Å². The second kappa shape index (κ2) is 5.58. The van der Waals surface area contributed by atoms with Crippen LogP contribution in [0.2, 0.25) is 0 Å². The van der Waals surface area contributed by atoms with Gasteiger partial charge in [-0.05, 0) is 51.2 Å². The minimum Gasteiger partial charge on any atom is -0.355 e. The normalized spacial score (nSPS) is 21.0. The summed E-state index contributed by atoms with van der Waals surface area (Å²) in [5.41, 5.74) is 0.642. The molecule has 0 unspecified atom stereocenters. The smallest absolute Gasteiger partial charge is 0.251 e. The van der Waals surface area contributed by atoms with Crippen LogP contribution in [0.1, 0.15) is 23.2 Å². The topological polar surface area (TPSA) is 69.7 Å². The number of sulfonamides is 1. The van der Waals surface area contributed by atoms with Gasteiger partial charge in [-0.1, -0.05) is 0 Å². The van der Waals surface area contributed by atoms with Gasteiger partial charge in [0, 0.05) is 37.2 Å². The molecule has 1 spiro atoms. The van der Waals surface area contributed by atoms with E-state index in [1.54, 1.807) is 23.5 Å². The molecule has 1 aliphatic heterocycles.